The van der Waals surface area contributed by atoms with Gasteiger partial charge in [-0.3, -0.25) is 13.8 Å². The minimum atomic E-state index is -1.02. The fourth-order valence-electron chi connectivity index (χ4n) is 4.73. The minimum Gasteiger partial charge on any atom is -0.355 e. The third-order valence-electron chi connectivity index (χ3n) is 6.63. The lowest BCUT2D eigenvalue weighted by molar-refractivity contribution is -0.0448. The second-order valence-electron chi connectivity index (χ2n) is 8.76. The van der Waals surface area contributed by atoms with Gasteiger partial charge in [0.15, 0.2) is 0 Å². The molecule has 1 saturated heterocycles. The first-order valence-corrected chi connectivity index (χ1v) is 10.6. The normalized spacial score (nSPS) is 24.9. The lowest BCUT2D eigenvalue weighted by Crippen LogP contribution is -2.39. The van der Waals surface area contributed by atoms with E-state index in [1.165, 1.54) is 23.0 Å². The minimum absolute atomic E-state index is 0.180. The number of halogens is 1. The van der Waals surface area contributed by atoms with E-state index in [9.17, 15) is 14.4 Å². The summed E-state index contributed by atoms with van der Waals surface area (Å²) in [6, 6.07) is 4.66. The molecule has 1 aliphatic carbocycles. The lowest BCUT2D eigenvalue weighted by Gasteiger charge is -2.28. The Bertz CT molecular complexity index is 1500. The predicted octanol–water partition coefficient (Wildman–Crippen LogP) is 3.32. The summed E-state index contributed by atoms with van der Waals surface area (Å²) in [5.41, 5.74) is -0.546. The zero-order valence-corrected chi connectivity index (χ0v) is 17.5. The molecule has 1 aliphatic heterocycles. The van der Waals surface area contributed by atoms with E-state index in [0.717, 1.165) is 12.8 Å². The number of rotatable bonds is 3. The largest absolute Gasteiger partial charge is 0.355 e. The average Bonchev–Trinajstić information content (AvgIpc) is 3.19. The molecule has 6 rings (SSSR count). The van der Waals surface area contributed by atoms with Crippen LogP contribution < -0.4 is 5.56 Å². The van der Waals surface area contributed by atoms with Gasteiger partial charge in [-0.2, -0.15) is 10.2 Å². The number of fused-ring (bicyclic) bond motifs is 3. The van der Waals surface area contributed by atoms with Crippen LogP contribution in [0.3, 0.4) is 0 Å². The van der Waals surface area contributed by atoms with Gasteiger partial charge in [-0.15, -0.1) is 0 Å². The molecule has 32 heavy (non-hydrogen) atoms. The first-order chi connectivity index (χ1) is 15.4. The van der Waals surface area contributed by atoms with Gasteiger partial charge in [0.1, 0.15) is 40.7 Å². The van der Waals surface area contributed by atoms with Crippen molar-refractivity contribution in [3.8, 4) is 17.6 Å². The summed E-state index contributed by atoms with van der Waals surface area (Å²) >= 11 is 0. The van der Waals surface area contributed by atoms with Crippen LogP contribution in [0.15, 0.2) is 27.8 Å². The molecule has 2 aliphatic rings. The number of hydrogen-bond donors (Lipinski definition) is 0. The van der Waals surface area contributed by atoms with Gasteiger partial charge in [-0.1, -0.05) is 12.1 Å². The van der Waals surface area contributed by atoms with Crippen molar-refractivity contribution in [2.24, 2.45) is 5.92 Å². The molecule has 10 heteroatoms. The Labute approximate surface area is 181 Å². The highest BCUT2D eigenvalue weighted by Crippen LogP contribution is 2.46. The summed E-state index contributed by atoms with van der Waals surface area (Å²) in [5.74, 6) is 0.784. The van der Waals surface area contributed by atoms with Crippen LogP contribution in [0.4, 0.5) is 4.39 Å². The van der Waals surface area contributed by atoms with Crippen LogP contribution in [0.5, 0.6) is 0 Å². The quantitative estimate of drug-likeness (QED) is 0.486. The predicted molar refractivity (Wildman–Crippen MR) is 110 cm³/mol. The molecule has 0 bridgehead atoms. The Balaban J connectivity index is 1.70. The summed E-state index contributed by atoms with van der Waals surface area (Å²) in [6.07, 6.45) is 3.74. The highest BCUT2D eigenvalue weighted by Gasteiger charge is 2.40. The molecule has 0 N–H and O–H groups in total. The first kappa shape index (κ1) is 19.1. The Morgan fingerprint density at radius 2 is 2.16 bits per heavy atom. The standard InChI is InChI=1S/C22H19FN6O3/c1-11-8-12(11)20-26-19(27-32-20)16-18-21(30)29(22(2)6-3-7-31-22)17-13(9-24)14(23)4-5-15(17)28(18)10-25-16/h4-5,10-12H,3,6-8H2,1-2H3. The van der Waals surface area contributed by atoms with Crippen molar-refractivity contribution in [2.45, 2.75) is 44.8 Å². The van der Waals surface area contributed by atoms with Crippen LogP contribution in [0.2, 0.25) is 0 Å². The van der Waals surface area contributed by atoms with Crippen molar-refractivity contribution in [1.29, 1.82) is 5.26 Å². The molecule has 9 nitrogen and oxygen atoms in total. The van der Waals surface area contributed by atoms with Crippen molar-refractivity contribution in [1.82, 2.24) is 24.1 Å². The number of nitriles is 1. The summed E-state index contributed by atoms with van der Waals surface area (Å²) in [7, 11) is 0. The van der Waals surface area contributed by atoms with Gasteiger partial charge in [0.2, 0.25) is 11.7 Å². The maximum absolute atomic E-state index is 14.6. The van der Waals surface area contributed by atoms with Crippen LogP contribution in [-0.2, 0) is 10.5 Å². The van der Waals surface area contributed by atoms with Crippen molar-refractivity contribution < 1.29 is 13.7 Å². The Morgan fingerprint density at radius 1 is 1.34 bits per heavy atom. The Morgan fingerprint density at radius 3 is 2.84 bits per heavy atom. The average molecular weight is 434 g/mol. The maximum Gasteiger partial charge on any atom is 0.280 e. The van der Waals surface area contributed by atoms with E-state index in [4.69, 9.17) is 9.26 Å². The molecular weight excluding hydrogens is 415 g/mol. The second-order valence-corrected chi connectivity index (χ2v) is 8.76. The van der Waals surface area contributed by atoms with Crippen LogP contribution >= 0.6 is 0 Å². The van der Waals surface area contributed by atoms with E-state index in [1.54, 1.807) is 11.3 Å². The summed E-state index contributed by atoms with van der Waals surface area (Å²) in [4.78, 5) is 22.8. The summed E-state index contributed by atoms with van der Waals surface area (Å²) < 4.78 is 28.9. The van der Waals surface area contributed by atoms with Crippen molar-refractivity contribution in [2.75, 3.05) is 6.61 Å². The van der Waals surface area contributed by atoms with Crippen molar-refractivity contribution in [3.05, 3.63) is 46.1 Å². The molecule has 0 radical (unpaired) electrons. The number of hydrogen-bond acceptors (Lipinski definition) is 7. The molecule has 1 aromatic carbocycles. The number of benzene rings is 1. The van der Waals surface area contributed by atoms with Crippen LogP contribution in [0.1, 0.15) is 50.5 Å². The van der Waals surface area contributed by atoms with Crippen LogP contribution in [-0.4, -0.2) is 30.7 Å². The van der Waals surface area contributed by atoms with Gasteiger partial charge in [-0.05, 0) is 44.2 Å². The van der Waals surface area contributed by atoms with Gasteiger partial charge in [0.25, 0.3) is 5.56 Å². The Kier molecular flexibility index (Phi) is 3.86. The Hall–Kier alpha value is -3.58. The molecule has 3 unspecified atom stereocenters. The van der Waals surface area contributed by atoms with Gasteiger partial charge in [-0.25, -0.2) is 9.37 Å². The zero-order valence-electron chi connectivity index (χ0n) is 17.5. The monoisotopic (exact) mass is 434 g/mol. The van der Waals surface area contributed by atoms with Gasteiger partial charge in [0, 0.05) is 12.5 Å². The fourth-order valence-corrected chi connectivity index (χ4v) is 4.73. The molecule has 4 heterocycles. The van der Waals surface area contributed by atoms with Gasteiger partial charge >= 0.3 is 0 Å². The molecule has 3 aromatic heterocycles. The lowest BCUT2D eigenvalue weighted by atomic mass is 10.1. The van der Waals surface area contributed by atoms with E-state index in [0.29, 0.717) is 30.4 Å². The molecule has 3 atom stereocenters. The second kappa shape index (κ2) is 6.46. The topological polar surface area (TPSA) is 111 Å². The fraction of sp³-hybridized carbons (Fsp3) is 0.409. The first-order valence-electron chi connectivity index (χ1n) is 10.6. The SMILES string of the molecule is CC1CC1c1nc(-c2ncn3c2c(=O)n(C2(C)CCCO2)c2c(C#N)c(F)ccc23)no1. The highest BCUT2D eigenvalue weighted by molar-refractivity contribution is 5.87. The third kappa shape index (κ3) is 2.51. The molecule has 0 spiro atoms. The summed E-state index contributed by atoms with van der Waals surface area (Å²) in [5, 5.41) is 13.8. The van der Waals surface area contributed by atoms with E-state index < -0.39 is 17.1 Å². The van der Waals surface area contributed by atoms with E-state index in [-0.39, 0.29) is 34.0 Å². The molecule has 0 amide bonds. The van der Waals surface area contributed by atoms with Crippen LogP contribution in [0.25, 0.3) is 28.1 Å². The molecule has 162 valence electrons. The highest BCUT2D eigenvalue weighted by atomic mass is 19.1. The van der Waals surface area contributed by atoms with Crippen molar-refractivity contribution in [3.63, 3.8) is 0 Å². The van der Waals surface area contributed by atoms with Crippen LogP contribution in [0, 0.1) is 23.1 Å². The number of imidazole rings is 1. The number of aromatic nitrogens is 5. The smallest absolute Gasteiger partial charge is 0.280 e. The third-order valence-corrected chi connectivity index (χ3v) is 6.63. The number of nitrogens with zero attached hydrogens (tertiary/aromatic N) is 6. The number of ether oxygens (including phenoxy) is 1. The molecule has 2 fully saturated rings. The van der Waals surface area contributed by atoms with Gasteiger partial charge in [0.05, 0.1) is 11.0 Å². The van der Waals surface area contributed by atoms with Crippen molar-refractivity contribution >= 4 is 16.6 Å². The molecular formula is C22H19FN6O3. The van der Waals surface area contributed by atoms with Gasteiger partial charge < -0.3 is 9.26 Å². The molecule has 1 saturated carbocycles. The van der Waals surface area contributed by atoms with E-state index >= 15 is 0 Å². The van der Waals surface area contributed by atoms with E-state index in [2.05, 4.69) is 22.0 Å². The zero-order chi connectivity index (χ0) is 22.2. The summed E-state index contributed by atoms with van der Waals surface area (Å²) in [6.45, 7) is 4.35. The van der Waals surface area contributed by atoms with E-state index in [1.807, 2.05) is 6.07 Å². The molecule has 4 aromatic rings. The maximum atomic E-state index is 14.6.